The van der Waals surface area contributed by atoms with Gasteiger partial charge >= 0.3 is 0 Å². The summed E-state index contributed by atoms with van der Waals surface area (Å²) >= 11 is 0. The first kappa shape index (κ1) is 24.2. The van der Waals surface area contributed by atoms with Crippen molar-refractivity contribution in [1.82, 2.24) is 15.2 Å². The van der Waals surface area contributed by atoms with Gasteiger partial charge in [0.15, 0.2) is 0 Å². The maximum Gasteiger partial charge on any atom is 0.269 e. The predicted octanol–water partition coefficient (Wildman–Crippen LogP) is 3.08. The van der Waals surface area contributed by atoms with E-state index in [2.05, 4.69) is 44.5 Å². The number of ether oxygens (including phenoxy) is 1. The molecule has 34 heavy (non-hydrogen) atoms. The van der Waals surface area contributed by atoms with Crippen molar-refractivity contribution in [1.29, 1.82) is 0 Å². The summed E-state index contributed by atoms with van der Waals surface area (Å²) in [5, 5.41) is 5.68. The Kier molecular flexibility index (Phi) is 7.80. The number of likely N-dealkylation sites (tertiary alicyclic amines) is 1. The molecule has 0 radical (unpaired) electrons. The van der Waals surface area contributed by atoms with E-state index in [-0.39, 0.29) is 17.5 Å². The van der Waals surface area contributed by atoms with Crippen LogP contribution in [0.3, 0.4) is 0 Å². The van der Waals surface area contributed by atoms with E-state index in [4.69, 9.17) is 4.74 Å². The summed E-state index contributed by atoms with van der Waals surface area (Å²) in [6.07, 6.45) is 5.25. The van der Waals surface area contributed by atoms with Gasteiger partial charge in [0.05, 0.1) is 12.2 Å². The molecule has 2 amide bonds. The van der Waals surface area contributed by atoms with Crippen molar-refractivity contribution in [3.05, 3.63) is 53.3 Å². The van der Waals surface area contributed by atoms with E-state index in [0.29, 0.717) is 30.8 Å². The van der Waals surface area contributed by atoms with E-state index < -0.39 is 0 Å². The number of aryl methyl sites for hydroxylation is 1. The normalized spacial score (nSPS) is 20.5. The second-order valence-corrected chi connectivity index (χ2v) is 9.25. The summed E-state index contributed by atoms with van der Waals surface area (Å²) in [7, 11) is 1.57. The Labute approximate surface area is 201 Å². The molecule has 0 spiro atoms. The number of amides is 2. The first-order valence-corrected chi connectivity index (χ1v) is 12.1. The molecule has 2 aliphatic heterocycles. The Bertz CT molecular complexity index is 1010. The van der Waals surface area contributed by atoms with Crippen molar-refractivity contribution in [2.75, 3.05) is 50.1 Å². The van der Waals surface area contributed by atoms with E-state index in [9.17, 15) is 9.59 Å². The molecule has 2 atom stereocenters. The maximum atomic E-state index is 12.7. The van der Waals surface area contributed by atoms with Gasteiger partial charge in [0, 0.05) is 56.4 Å². The topological polar surface area (TPSA) is 86.8 Å². The Balaban J connectivity index is 1.34. The highest BCUT2D eigenvalue weighted by molar-refractivity contribution is 6.05. The van der Waals surface area contributed by atoms with Crippen LogP contribution in [0.4, 0.5) is 11.4 Å². The predicted molar refractivity (Wildman–Crippen MR) is 134 cm³/mol. The van der Waals surface area contributed by atoms with Crippen LogP contribution in [-0.4, -0.2) is 73.7 Å². The van der Waals surface area contributed by atoms with Crippen LogP contribution in [0.15, 0.2) is 36.5 Å². The summed E-state index contributed by atoms with van der Waals surface area (Å²) in [6, 6.07) is 10.7. The van der Waals surface area contributed by atoms with Gasteiger partial charge in [-0.2, -0.15) is 0 Å². The number of hydrogen-bond acceptors (Lipinski definition) is 6. The molecule has 2 fully saturated rings. The minimum absolute atomic E-state index is 0.251. The van der Waals surface area contributed by atoms with Crippen LogP contribution >= 0.6 is 0 Å². The Morgan fingerprint density at radius 1 is 1.15 bits per heavy atom. The van der Waals surface area contributed by atoms with Gasteiger partial charge in [-0.1, -0.05) is 0 Å². The average molecular weight is 466 g/mol. The van der Waals surface area contributed by atoms with Crippen molar-refractivity contribution in [2.45, 2.75) is 45.2 Å². The van der Waals surface area contributed by atoms with E-state index in [1.807, 2.05) is 13.0 Å². The lowest BCUT2D eigenvalue weighted by Gasteiger charge is -2.28. The zero-order valence-corrected chi connectivity index (χ0v) is 20.3. The number of pyridine rings is 1. The molecule has 8 heteroatoms. The first-order valence-electron chi connectivity index (χ1n) is 12.1. The molecule has 0 bridgehead atoms. The molecule has 182 valence electrons. The molecule has 4 rings (SSSR count). The SMILES string of the molecule is COCCNC(=O)c1ccc(C(=O)Nc2ccc(N3CCC(N4CCCC4C)C3)cc2C)cn1. The number of methoxy groups -OCH3 is 1. The van der Waals surface area contributed by atoms with Gasteiger partial charge in [-0.3, -0.25) is 19.5 Å². The molecule has 2 aromatic rings. The van der Waals surface area contributed by atoms with Gasteiger partial charge in [-0.25, -0.2) is 0 Å². The highest BCUT2D eigenvalue weighted by Gasteiger charge is 2.33. The third-order valence-corrected chi connectivity index (χ3v) is 6.91. The fourth-order valence-corrected chi connectivity index (χ4v) is 4.94. The highest BCUT2D eigenvalue weighted by Crippen LogP contribution is 2.30. The van der Waals surface area contributed by atoms with Crippen molar-refractivity contribution in [3.8, 4) is 0 Å². The van der Waals surface area contributed by atoms with E-state index in [1.165, 1.54) is 37.7 Å². The van der Waals surface area contributed by atoms with Crippen molar-refractivity contribution >= 4 is 23.2 Å². The van der Waals surface area contributed by atoms with Crippen molar-refractivity contribution < 1.29 is 14.3 Å². The van der Waals surface area contributed by atoms with Crippen LogP contribution < -0.4 is 15.5 Å². The van der Waals surface area contributed by atoms with Gasteiger partial charge < -0.3 is 20.3 Å². The number of nitrogens with one attached hydrogen (secondary N) is 2. The van der Waals surface area contributed by atoms with Gasteiger partial charge in [-0.15, -0.1) is 0 Å². The Morgan fingerprint density at radius 3 is 2.68 bits per heavy atom. The molecule has 2 unspecified atom stereocenters. The minimum Gasteiger partial charge on any atom is -0.383 e. The Hall–Kier alpha value is -2.97. The second kappa shape index (κ2) is 11.0. The zero-order chi connectivity index (χ0) is 24.1. The van der Waals surface area contributed by atoms with Crippen molar-refractivity contribution in [3.63, 3.8) is 0 Å². The number of nitrogens with zero attached hydrogens (tertiary/aromatic N) is 3. The summed E-state index contributed by atoms with van der Waals surface area (Å²) < 4.78 is 4.92. The monoisotopic (exact) mass is 465 g/mol. The lowest BCUT2D eigenvalue weighted by Crippen LogP contribution is -2.39. The number of aromatic nitrogens is 1. The van der Waals surface area contributed by atoms with Crippen LogP contribution in [0.25, 0.3) is 0 Å². The number of hydrogen-bond donors (Lipinski definition) is 2. The van der Waals surface area contributed by atoms with Crippen LogP contribution in [0.1, 0.15) is 52.6 Å². The number of benzene rings is 1. The molecule has 1 aromatic heterocycles. The van der Waals surface area contributed by atoms with E-state index >= 15 is 0 Å². The Morgan fingerprint density at radius 2 is 2.00 bits per heavy atom. The summed E-state index contributed by atoms with van der Waals surface area (Å²) in [5.74, 6) is -0.544. The molecule has 8 nitrogen and oxygen atoms in total. The quantitative estimate of drug-likeness (QED) is 0.583. The third-order valence-electron chi connectivity index (χ3n) is 6.91. The van der Waals surface area contributed by atoms with Gasteiger partial charge in [0.1, 0.15) is 5.69 Å². The average Bonchev–Trinajstić information content (AvgIpc) is 3.49. The number of anilines is 2. The van der Waals surface area contributed by atoms with E-state index in [0.717, 1.165) is 24.3 Å². The molecule has 2 saturated heterocycles. The highest BCUT2D eigenvalue weighted by atomic mass is 16.5. The van der Waals surface area contributed by atoms with Gasteiger partial charge in [-0.05, 0) is 75.5 Å². The number of rotatable bonds is 8. The molecular weight excluding hydrogens is 430 g/mol. The lowest BCUT2D eigenvalue weighted by atomic mass is 10.1. The molecule has 0 aliphatic carbocycles. The van der Waals surface area contributed by atoms with Gasteiger partial charge in [0.25, 0.3) is 11.8 Å². The molecular formula is C26H35N5O3. The summed E-state index contributed by atoms with van der Waals surface area (Å²) in [5.41, 5.74) is 3.67. The summed E-state index contributed by atoms with van der Waals surface area (Å²) in [6.45, 7) is 8.55. The third kappa shape index (κ3) is 5.56. The van der Waals surface area contributed by atoms with Crippen LogP contribution in [-0.2, 0) is 4.74 Å². The fraction of sp³-hybridized carbons (Fsp3) is 0.500. The molecule has 2 N–H and O–H groups in total. The largest absolute Gasteiger partial charge is 0.383 e. The smallest absolute Gasteiger partial charge is 0.269 e. The number of carbonyl (C=O) groups is 2. The molecule has 0 saturated carbocycles. The molecule has 3 heterocycles. The first-order chi connectivity index (χ1) is 16.5. The van der Waals surface area contributed by atoms with E-state index in [1.54, 1.807) is 19.2 Å². The molecule has 1 aromatic carbocycles. The maximum absolute atomic E-state index is 12.7. The van der Waals surface area contributed by atoms with Crippen LogP contribution in [0, 0.1) is 6.92 Å². The lowest BCUT2D eigenvalue weighted by molar-refractivity contribution is 0.0930. The second-order valence-electron chi connectivity index (χ2n) is 9.25. The summed E-state index contributed by atoms with van der Waals surface area (Å²) in [4.78, 5) is 34.0. The van der Waals surface area contributed by atoms with Gasteiger partial charge in [0.2, 0.25) is 0 Å². The molecule has 2 aliphatic rings. The number of carbonyl (C=O) groups excluding carboxylic acids is 2. The van der Waals surface area contributed by atoms with Crippen LogP contribution in [0.2, 0.25) is 0 Å². The zero-order valence-electron chi connectivity index (χ0n) is 20.3. The standard InChI is InChI=1S/C26H35N5O3/c1-18-15-21(30-13-10-22(17-30)31-12-4-5-19(31)2)7-9-23(18)29-25(32)20-6-8-24(28-16-20)26(33)27-11-14-34-3/h6-9,15-16,19,22H,4-5,10-14,17H2,1-3H3,(H,27,33)(H,29,32). The minimum atomic E-state index is -0.293. The van der Waals surface area contributed by atoms with Crippen molar-refractivity contribution in [2.24, 2.45) is 0 Å². The van der Waals surface area contributed by atoms with Crippen LogP contribution in [0.5, 0.6) is 0 Å². The fourth-order valence-electron chi connectivity index (χ4n) is 4.94.